The van der Waals surface area contributed by atoms with E-state index in [-0.39, 0.29) is 113 Å². The molecule has 4 atom stereocenters. The molecule has 27 heteroatoms. The predicted octanol–water partition coefficient (Wildman–Crippen LogP) is 8.73. The van der Waals surface area contributed by atoms with Crippen molar-refractivity contribution in [2.75, 3.05) is 107 Å². The third-order valence-electron chi connectivity index (χ3n) is 12.2. The number of rotatable bonds is 15. The summed E-state index contributed by atoms with van der Waals surface area (Å²) < 4.78 is 77.1. The van der Waals surface area contributed by atoms with Crippen LogP contribution in [-0.2, 0) is 23.7 Å². The second-order valence-electron chi connectivity index (χ2n) is 19.1. The maximum Gasteiger partial charge on any atom is 2.00 e. The maximum atomic E-state index is 12.1. The van der Waals surface area contributed by atoms with Gasteiger partial charge in [0.15, 0.2) is 5.78 Å². The number of carbonyl (C=O) groups is 1. The smallest absolute Gasteiger partial charge is 1.00 e. The van der Waals surface area contributed by atoms with Gasteiger partial charge in [-0.3, -0.25) is 29.1 Å². The Morgan fingerprint density at radius 1 is 0.609 bits per heavy atom. The molecule has 5 aliphatic heterocycles. The van der Waals surface area contributed by atoms with Crippen molar-refractivity contribution in [2.45, 2.75) is 106 Å². The molecule has 10 heterocycles. The summed E-state index contributed by atoms with van der Waals surface area (Å²) in [4.78, 5) is 42.7. The number of aliphatic imine (C=N–C) groups is 2. The van der Waals surface area contributed by atoms with Gasteiger partial charge in [-0.05, 0) is 93.6 Å². The minimum absolute atomic E-state index is 0. The van der Waals surface area contributed by atoms with E-state index in [4.69, 9.17) is 79.0 Å². The van der Waals surface area contributed by atoms with Crippen LogP contribution >= 0.6 is 36.2 Å². The Balaban J connectivity index is -0.00000106. The Hall–Kier alpha value is -5.57. The van der Waals surface area contributed by atoms with E-state index in [1.807, 2.05) is 69.4 Å². The van der Waals surface area contributed by atoms with Gasteiger partial charge in [-0.25, -0.2) is 19.3 Å². The van der Waals surface area contributed by atoms with Crippen LogP contribution in [0.4, 0.5) is 8.78 Å². The summed E-state index contributed by atoms with van der Waals surface area (Å²) in [5.74, 6) is 2.47. The van der Waals surface area contributed by atoms with E-state index in [1.54, 1.807) is 66.9 Å². The molecule has 0 spiro atoms. The molecule has 5 aromatic rings. The first-order chi connectivity index (χ1) is 42.1. The molecule has 0 saturated carbocycles. The number of thiocarbonyl (C=S) groups is 2. The van der Waals surface area contributed by atoms with Crippen LogP contribution in [0.1, 0.15) is 116 Å². The van der Waals surface area contributed by atoms with Crippen molar-refractivity contribution in [3.05, 3.63) is 133 Å². The molecule has 0 bridgehead atoms. The SMILES string of the molecule is C.C.C.C1CCOC1.CC(=NCC(=S)N(C)C)c1ccc(O[C@H]2CCOC2)cn1.CC(=O)c1ccc(O[C@H]2CCOC2)cn1.CSC(=S)CN=C(C)c1ccc(O[C@H]2CCOC2)cn1.N#Cc1ccc(F)cn1.N#Cc1ccc(O[C@H]2CCOC2)cn1.[2H]CF.[CH3-].[I-].[Mg+2]. The zero-order valence-electron chi connectivity index (χ0n) is 52.5. The van der Waals surface area contributed by atoms with Crippen molar-refractivity contribution in [3.63, 3.8) is 0 Å². The molecule has 0 amide bonds. The molecular weight excluding hydrogens is 1370 g/mol. The van der Waals surface area contributed by atoms with E-state index in [9.17, 15) is 13.6 Å². The van der Waals surface area contributed by atoms with Crippen LogP contribution in [-0.4, -0.2) is 210 Å². The summed E-state index contributed by atoms with van der Waals surface area (Å²) in [7, 11) is 2.84. The number of aromatic nitrogens is 5. The standard InChI is InChI=1S/C15H21N3O2S.C14H18N2O2S2.C11H13NO3.C10H10N2O2.C6H3FN2.C4H8O.CH3F.3CH4.CH3.HI.Mg/c1-11(16-9-15(21)18(2)3)14-5-4-12(8-17-14)20-13-6-7-19-10-13;1-10(15-8-14(19)20-2)13-4-3-11(7-16-13)18-12-5-6-17-9-12;1-8(13)11-3-2-9(6-12-11)15-10-4-5-14-7-10;11-5-8-1-2-9(6-12-8)14-10-3-4-13-7-10;7-5-1-2-6(3-8)9-4-5;1-2-4-5-3-1;1-2;;;;;;/h4-5,8,13H,6-7,9-10H2,1-3H3;3-4,7,12H,5-6,8-9H2,1-2H3;2-3,6,10H,4-5,7H2,1H3;1-2,6,10H,3-4,7H2;1-2,4H;1-4H2;1H3;3*1H4;1H3;1H;/q;;;;;;;;;;-1;;+2/p-1/t13-;12-;2*10-;;;;;;;;;/m0000........./s1/i;;;;;;1D;;;;;;. The van der Waals surface area contributed by atoms with Gasteiger partial charge in [0.1, 0.15) is 82.5 Å². The number of ether oxygens (including phenoxy) is 9. The topological polar surface area (TPSA) is 240 Å². The van der Waals surface area contributed by atoms with Crippen LogP contribution < -0.4 is 42.9 Å². The number of halogens is 3. The summed E-state index contributed by atoms with van der Waals surface area (Å²) in [6.07, 6.45) is 16.4. The average molecular weight is 1460 g/mol. The van der Waals surface area contributed by atoms with Crippen LogP contribution in [0, 0.1) is 35.9 Å². The number of nitrogens with zero attached hydrogens (tertiary/aromatic N) is 10. The first kappa shape index (κ1) is 88.5. The molecule has 5 aliphatic rings. The molecule has 0 radical (unpaired) electrons. The number of ketones is 1. The van der Waals surface area contributed by atoms with Crippen LogP contribution in [0.2, 0.25) is 0 Å². The third-order valence-corrected chi connectivity index (χ3v) is 13.9. The Kier molecular flexibility index (Phi) is 51.7. The zero-order chi connectivity index (χ0) is 63.0. The largest absolute Gasteiger partial charge is 2.00 e. The quantitative estimate of drug-likeness (QED) is 0.0238. The molecule has 0 aliphatic carbocycles. The van der Waals surface area contributed by atoms with Gasteiger partial charge in [-0.1, -0.05) is 46.7 Å². The second-order valence-corrected chi connectivity index (χ2v) is 21.2. The molecule has 5 aromatic heterocycles. The van der Waals surface area contributed by atoms with Crippen molar-refractivity contribution in [1.29, 1.82) is 10.5 Å². The molecular formula is C65H91F2IMgN10O10S3. The van der Waals surface area contributed by atoms with Crippen molar-refractivity contribution in [2.24, 2.45) is 9.98 Å². The Morgan fingerprint density at radius 2 is 0.957 bits per heavy atom. The Labute approximate surface area is 594 Å². The number of hydrogen-bond acceptors (Lipinski definition) is 22. The van der Waals surface area contributed by atoms with E-state index >= 15 is 0 Å². The van der Waals surface area contributed by atoms with Crippen molar-refractivity contribution >= 4 is 85.6 Å². The van der Waals surface area contributed by atoms with Gasteiger partial charge < -0.3 is 78.9 Å². The number of hydrogen-bond donors (Lipinski definition) is 0. The first-order valence-corrected chi connectivity index (χ1v) is 29.6. The molecule has 0 unspecified atom stereocenters. The maximum absolute atomic E-state index is 12.1. The van der Waals surface area contributed by atoms with E-state index in [2.05, 4.69) is 34.9 Å². The predicted molar refractivity (Wildman–Crippen MR) is 366 cm³/mol. The van der Waals surface area contributed by atoms with E-state index in [0.29, 0.717) is 62.4 Å². The molecule has 10 rings (SSSR count). The van der Waals surface area contributed by atoms with Crippen LogP contribution in [0.3, 0.4) is 0 Å². The second kappa shape index (κ2) is 53.8. The van der Waals surface area contributed by atoms with Gasteiger partial charge in [0.2, 0.25) is 0 Å². The summed E-state index contributed by atoms with van der Waals surface area (Å²) in [5, 5.41) is 16.7. The molecule has 0 N–H and O–H groups in total. The van der Waals surface area contributed by atoms with Gasteiger partial charge in [0.05, 0.1) is 137 Å². The fourth-order valence-corrected chi connectivity index (χ4v) is 7.71. The van der Waals surface area contributed by atoms with Gasteiger partial charge in [0, 0.05) is 59.9 Å². The first-order valence-electron chi connectivity index (χ1n) is 28.3. The monoisotopic (exact) mass is 1460 g/mol. The summed E-state index contributed by atoms with van der Waals surface area (Å²) in [6.45, 7) is 14.1. The molecule has 0 aromatic carbocycles. The minimum atomic E-state index is -1.00. The molecule has 5 fully saturated rings. The van der Waals surface area contributed by atoms with Crippen LogP contribution in [0.5, 0.6) is 23.0 Å². The Morgan fingerprint density at radius 3 is 1.22 bits per heavy atom. The minimum Gasteiger partial charge on any atom is -1.00 e. The van der Waals surface area contributed by atoms with Crippen molar-refractivity contribution in [1.82, 2.24) is 29.8 Å². The molecule has 5 saturated heterocycles. The normalized spacial score (nSPS) is 17.1. The number of likely N-dealkylation sites (N-methyl/N-ethyl adjacent to an activating group) is 1. The van der Waals surface area contributed by atoms with Gasteiger partial charge in [0.25, 0.3) is 0 Å². The van der Waals surface area contributed by atoms with Crippen molar-refractivity contribution < 1.29 is 81.6 Å². The number of nitriles is 2. The molecule has 92 heavy (non-hydrogen) atoms. The number of alkyl halides is 1. The number of carbonyl (C=O) groups excluding carboxylic acids is 1. The van der Waals surface area contributed by atoms with Gasteiger partial charge >= 0.3 is 23.1 Å². The summed E-state index contributed by atoms with van der Waals surface area (Å²) in [6, 6.07) is 20.8. The molecule has 502 valence electrons. The number of Topliss-reactive ketones (excluding diaryl/α,β-unsaturated/α-hetero) is 1. The average Bonchev–Trinajstić information content (AvgIpc) is 2.21. The van der Waals surface area contributed by atoms with Gasteiger partial charge in [-0.2, -0.15) is 10.5 Å². The fourth-order valence-electron chi connectivity index (χ4n) is 7.39. The fraction of sp³-hybridized carbons (Fsp3) is 0.492. The Bertz CT molecular complexity index is 2930. The van der Waals surface area contributed by atoms with E-state index in [1.165, 1.54) is 31.9 Å². The van der Waals surface area contributed by atoms with E-state index < -0.39 is 13.0 Å². The summed E-state index contributed by atoms with van der Waals surface area (Å²) >= 11 is 11.9. The third kappa shape index (κ3) is 37.4. The van der Waals surface area contributed by atoms with Crippen LogP contribution in [0.15, 0.2) is 102 Å². The molecule has 20 nitrogen and oxygen atoms in total. The van der Waals surface area contributed by atoms with Gasteiger partial charge in [-0.15, -0.1) is 11.8 Å². The van der Waals surface area contributed by atoms with Crippen LogP contribution in [0.25, 0.3) is 0 Å². The number of thioether (sulfide) groups is 1. The van der Waals surface area contributed by atoms with E-state index in [0.717, 1.165) is 115 Å². The zero-order valence-corrected chi connectivity index (χ0v) is 57.5. The summed E-state index contributed by atoms with van der Waals surface area (Å²) in [5.41, 5.74) is 4.55. The van der Waals surface area contributed by atoms with Crippen molar-refractivity contribution in [3.8, 4) is 35.1 Å². The number of pyridine rings is 5.